The van der Waals surface area contributed by atoms with Crippen LogP contribution in [0.15, 0.2) is 24.3 Å². The molecule has 0 saturated heterocycles. The maximum atomic E-state index is 11.0. The van der Waals surface area contributed by atoms with E-state index in [4.69, 9.17) is 9.84 Å². The molecule has 0 aliphatic heterocycles. The molecule has 3 heteroatoms. The number of aliphatic carboxylic acids is 1. The van der Waals surface area contributed by atoms with E-state index in [1.165, 1.54) is 5.56 Å². The second-order valence-electron chi connectivity index (χ2n) is 4.51. The van der Waals surface area contributed by atoms with Gasteiger partial charge in [0.25, 0.3) is 0 Å². The van der Waals surface area contributed by atoms with Crippen LogP contribution in [0, 0.1) is 5.92 Å². The molecular formula is C14H20O3. The predicted octanol–water partition coefficient (Wildman–Crippen LogP) is 3.05. The monoisotopic (exact) mass is 236 g/mol. The van der Waals surface area contributed by atoms with Crippen LogP contribution >= 0.6 is 0 Å². The first-order chi connectivity index (χ1) is 8.04. The highest BCUT2D eigenvalue weighted by molar-refractivity contribution is 5.74. The third kappa shape index (κ3) is 4.19. The van der Waals surface area contributed by atoms with Crippen LogP contribution in [0.4, 0.5) is 0 Å². The van der Waals surface area contributed by atoms with E-state index in [1.54, 1.807) is 6.92 Å². The van der Waals surface area contributed by atoms with E-state index in [0.717, 1.165) is 6.42 Å². The Morgan fingerprint density at radius 3 is 2.29 bits per heavy atom. The summed E-state index contributed by atoms with van der Waals surface area (Å²) in [5.41, 5.74) is 1.93. The van der Waals surface area contributed by atoms with Crippen molar-refractivity contribution in [2.24, 2.45) is 5.92 Å². The molecule has 0 aromatic heterocycles. The molecule has 94 valence electrons. The highest BCUT2D eigenvalue weighted by Crippen LogP contribution is 2.19. The van der Waals surface area contributed by atoms with Crippen LogP contribution in [0.25, 0.3) is 0 Å². The summed E-state index contributed by atoms with van der Waals surface area (Å²) in [5.74, 6) is -0.341. The minimum Gasteiger partial charge on any atom is -0.479 e. The van der Waals surface area contributed by atoms with Gasteiger partial charge in [0.1, 0.15) is 0 Å². The zero-order valence-corrected chi connectivity index (χ0v) is 10.6. The van der Waals surface area contributed by atoms with Gasteiger partial charge in [0, 0.05) is 6.61 Å². The van der Waals surface area contributed by atoms with Crippen molar-refractivity contribution < 1.29 is 14.6 Å². The van der Waals surface area contributed by atoms with Crippen molar-refractivity contribution >= 4 is 5.97 Å². The van der Waals surface area contributed by atoms with E-state index in [9.17, 15) is 4.79 Å². The van der Waals surface area contributed by atoms with Gasteiger partial charge in [-0.05, 0) is 30.4 Å². The molecule has 0 fully saturated rings. The molecule has 1 aromatic rings. The lowest BCUT2D eigenvalue weighted by molar-refractivity contribution is -0.150. The van der Waals surface area contributed by atoms with Gasteiger partial charge >= 0.3 is 5.97 Å². The molecule has 3 nitrogen and oxygen atoms in total. The summed E-state index contributed by atoms with van der Waals surface area (Å²) in [4.78, 5) is 11.0. The van der Waals surface area contributed by atoms with Gasteiger partial charge < -0.3 is 9.84 Å². The number of hydrogen-bond acceptors (Lipinski definition) is 2. The first kappa shape index (κ1) is 13.7. The normalized spacial score (nSPS) is 12.7. The molecule has 1 N–H and O–H groups in total. The van der Waals surface area contributed by atoms with Gasteiger partial charge in [-0.15, -0.1) is 0 Å². The Balaban J connectivity index is 2.80. The van der Waals surface area contributed by atoms with Crippen LogP contribution in [-0.4, -0.2) is 17.7 Å². The molecular weight excluding hydrogens is 216 g/mol. The number of rotatable bonds is 6. The van der Waals surface area contributed by atoms with Crippen LogP contribution < -0.4 is 0 Å². The van der Waals surface area contributed by atoms with Crippen LogP contribution in [0.5, 0.6) is 0 Å². The van der Waals surface area contributed by atoms with Gasteiger partial charge in [-0.25, -0.2) is 4.79 Å². The SMILES string of the molecule is CCOC(C(=O)O)c1ccc(CC(C)C)cc1. The lowest BCUT2D eigenvalue weighted by atomic mass is 10.0. The van der Waals surface area contributed by atoms with E-state index in [0.29, 0.717) is 18.1 Å². The highest BCUT2D eigenvalue weighted by atomic mass is 16.5. The van der Waals surface area contributed by atoms with E-state index in [-0.39, 0.29) is 0 Å². The number of carboxylic acids is 1. The lowest BCUT2D eigenvalue weighted by Crippen LogP contribution is -2.15. The lowest BCUT2D eigenvalue weighted by Gasteiger charge is -2.13. The fourth-order valence-corrected chi connectivity index (χ4v) is 1.78. The summed E-state index contributed by atoms with van der Waals surface area (Å²) in [5, 5.41) is 9.05. The molecule has 1 unspecified atom stereocenters. The van der Waals surface area contributed by atoms with Gasteiger partial charge in [-0.1, -0.05) is 38.1 Å². The summed E-state index contributed by atoms with van der Waals surface area (Å²) in [6, 6.07) is 7.63. The van der Waals surface area contributed by atoms with Crippen molar-refractivity contribution in [2.45, 2.75) is 33.3 Å². The molecule has 0 aliphatic carbocycles. The number of carboxylic acid groups (broad SMARTS) is 1. The largest absolute Gasteiger partial charge is 0.479 e. The van der Waals surface area contributed by atoms with Crippen molar-refractivity contribution in [2.75, 3.05) is 6.61 Å². The average Bonchev–Trinajstić information content (AvgIpc) is 2.26. The number of hydrogen-bond donors (Lipinski definition) is 1. The van der Waals surface area contributed by atoms with Crippen LogP contribution in [0.1, 0.15) is 38.0 Å². The standard InChI is InChI=1S/C14H20O3/c1-4-17-13(14(15)16)12-7-5-11(6-8-12)9-10(2)3/h5-8,10,13H,4,9H2,1-3H3,(H,15,16). The summed E-state index contributed by atoms with van der Waals surface area (Å²) in [7, 11) is 0. The van der Waals surface area contributed by atoms with Gasteiger partial charge in [0.05, 0.1) is 0 Å². The number of carbonyl (C=O) groups is 1. The van der Waals surface area contributed by atoms with E-state index >= 15 is 0 Å². The predicted molar refractivity (Wildman–Crippen MR) is 67.0 cm³/mol. The Kier molecular flexibility index (Phi) is 5.16. The van der Waals surface area contributed by atoms with Crippen molar-refractivity contribution in [3.8, 4) is 0 Å². The smallest absolute Gasteiger partial charge is 0.337 e. The van der Waals surface area contributed by atoms with Crippen molar-refractivity contribution in [3.05, 3.63) is 35.4 Å². The molecule has 17 heavy (non-hydrogen) atoms. The third-order valence-electron chi connectivity index (χ3n) is 2.48. The maximum Gasteiger partial charge on any atom is 0.337 e. The summed E-state index contributed by atoms with van der Waals surface area (Å²) in [6.45, 7) is 6.51. The Morgan fingerprint density at radius 1 is 1.29 bits per heavy atom. The van der Waals surface area contributed by atoms with Crippen LogP contribution in [0.2, 0.25) is 0 Å². The maximum absolute atomic E-state index is 11.0. The van der Waals surface area contributed by atoms with Gasteiger partial charge in [0.15, 0.2) is 6.10 Å². The Labute approximate surface area is 102 Å². The molecule has 0 heterocycles. The van der Waals surface area contributed by atoms with Crippen LogP contribution in [-0.2, 0) is 16.0 Å². The number of ether oxygens (including phenoxy) is 1. The molecule has 0 aliphatic rings. The van der Waals surface area contributed by atoms with E-state index in [1.807, 2.05) is 24.3 Å². The second-order valence-corrected chi connectivity index (χ2v) is 4.51. The zero-order valence-electron chi connectivity index (χ0n) is 10.6. The van der Waals surface area contributed by atoms with Crippen molar-refractivity contribution in [1.82, 2.24) is 0 Å². The van der Waals surface area contributed by atoms with Crippen molar-refractivity contribution in [3.63, 3.8) is 0 Å². The van der Waals surface area contributed by atoms with Gasteiger partial charge in [-0.2, -0.15) is 0 Å². The van der Waals surface area contributed by atoms with E-state index in [2.05, 4.69) is 13.8 Å². The first-order valence-corrected chi connectivity index (χ1v) is 5.97. The molecule has 0 saturated carbocycles. The summed E-state index contributed by atoms with van der Waals surface area (Å²) < 4.78 is 5.21. The zero-order chi connectivity index (χ0) is 12.8. The molecule has 0 radical (unpaired) electrons. The quantitative estimate of drug-likeness (QED) is 0.825. The Bertz CT molecular complexity index is 354. The van der Waals surface area contributed by atoms with Crippen LogP contribution in [0.3, 0.4) is 0 Å². The van der Waals surface area contributed by atoms with E-state index < -0.39 is 12.1 Å². The number of benzene rings is 1. The molecule has 1 aromatic carbocycles. The summed E-state index contributed by atoms with van der Waals surface area (Å²) >= 11 is 0. The fraction of sp³-hybridized carbons (Fsp3) is 0.500. The fourth-order valence-electron chi connectivity index (χ4n) is 1.78. The molecule has 0 bridgehead atoms. The molecule has 1 atom stereocenters. The minimum atomic E-state index is -0.941. The molecule has 0 amide bonds. The Morgan fingerprint density at radius 2 is 1.88 bits per heavy atom. The van der Waals surface area contributed by atoms with Crippen molar-refractivity contribution in [1.29, 1.82) is 0 Å². The Hall–Kier alpha value is -1.35. The molecule has 0 spiro atoms. The third-order valence-corrected chi connectivity index (χ3v) is 2.48. The highest BCUT2D eigenvalue weighted by Gasteiger charge is 2.19. The topological polar surface area (TPSA) is 46.5 Å². The van der Waals surface area contributed by atoms with Gasteiger partial charge in [0.2, 0.25) is 0 Å². The van der Waals surface area contributed by atoms with Gasteiger partial charge in [-0.3, -0.25) is 0 Å². The minimum absolute atomic E-state index is 0.394. The first-order valence-electron chi connectivity index (χ1n) is 5.97. The average molecular weight is 236 g/mol. The summed E-state index contributed by atoms with van der Waals surface area (Å²) in [6.07, 6.45) is 0.153. The molecule has 1 rings (SSSR count). The second kappa shape index (κ2) is 6.40.